The summed E-state index contributed by atoms with van der Waals surface area (Å²) < 4.78 is 10.8. The number of carbonyl (C=O) groups is 1. The highest BCUT2D eigenvalue weighted by atomic mass is 32.1. The third kappa shape index (κ3) is 3.72. The van der Waals surface area contributed by atoms with Gasteiger partial charge in [0.25, 0.3) is 0 Å². The molecule has 0 bridgehead atoms. The van der Waals surface area contributed by atoms with E-state index >= 15 is 0 Å². The number of anilines is 1. The fraction of sp³-hybridized carbons (Fsp3) is 0.208. The Balaban J connectivity index is 1.36. The smallest absolute Gasteiger partial charge is 0.236 e. The first kappa shape index (κ1) is 19.5. The Morgan fingerprint density at radius 3 is 2.68 bits per heavy atom. The van der Waals surface area contributed by atoms with Gasteiger partial charge in [-0.1, -0.05) is 29.4 Å². The van der Waals surface area contributed by atoms with Gasteiger partial charge in [-0.15, -0.1) is 11.3 Å². The minimum atomic E-state index is -0.645. The van der Waals surface area contributed by atoms with Gasteiger partial charge in [-0.2, -0.15) is 0 Å². The molecule has 0 spiro atoms. The summed E-state index contributed by atoms with van der Waals surface area (Å²) in [6.45, 7) is 1.98. The van der Waals surface area contributed by atoms with Crippen LogP contribution in [-0.4, -0.2) is 23.2 Å². The topological polar surface area (TPSA) is 77.2 Å². The fourth-order valence-corrected chi connectivity index (χ4v) is 4.26. The van der Waals surface area contributed by atoms with Crippen molar-refractivity contribution in [1.82, 2.24) is 10.1 Å². The molecular formula is C24H21N3O3S. The van der Waals surface area contributed by atoms with Crippen molar-refractivity contribution in [3.05, 3.63) is 70.7 Å². The van der Waals surface area contributed by atoms with Gasteiger partial charge in [0.15, 0.2) is 5.76 Å². The SMILES string of the molecule is COc1cccc(-c2cc(C3(C(=O)Nc4cccc(-c5csc(C)n5)c4)CC3)no2)c1. The van der Waals surface area contributed by atoms with E-state index in [2.05, 4.69) is 15.5 Å². The van der Waals surface area contributed by atoms with Crippen molar-refractivity contribution < 1.29 is 14.1 Å². The van der Waals surface area contributed by atoms with Crippen molar-refractivity contribution in [3.63, 3.8) is 0 Å². The Morgan fingerprint density at radius 2 is 1.94 bits per heavy atom. The molecule has 156 valence electrons. The highest BCUT2D eigenvalue weighted by Gasteiger charge is 2.53. The van der Waals surface area contributed by atoms with Crippen molar-refractivity contribution >= 4 is 22.9 Å². The highest BCUT2D eigenvalue weighted by Crippen LogP contribution is 2.49. The summed E-state index contributed by atoms with van der Waals surface area (Å²) in [6.07, 6.45) is 1.49. The summed E-state index contributed by atoms with van der Waals surface area (Å²) in [6, 6.07) is 17.2. The van der Waals surface area contributed by atoms with Gasteiger partial charge in [-0.3, -0.25) is 4.79 Å². The van der Waals surface area contributed by atoms with Gasteiger partial charge in [-0.05, 0) is 44.0 Å². The van der Waals surface area contributed by atoms with Gasteiger partial charge in [0.05, 0.1) is 28.9 Å². The van der Waals surface area contributed by atoms with Crippen LogP contribution in [0.15, 0.2) is 64.5 Å². The maximum absolute atomic E-state index is 13.2. The Bertz CT molecular complexity index is 1260. The number of hydrogen-bond donors (Lipinski definition) is 1. The molecule has 0 saturated heterocycles. The zero-order valence-electron chi connectivity index (χ0n) is 17.2. The molecule has 6 nitrogen and oxygen atoms in total. The quantitative estimate of drug-likeness (QED) is 0.439. The number of ether oxygens (including phenoxy) is 1. The van der Waals surface area contributed by atoms with Crippen molar-refractivity contribution in [1.29, 1.82) is 0 Å². The summed E-state index contributed by atoms with van der Waals surface area (Å²) in [5, 5.41) is 10.3. The number of carbonyl (C=O) groups excluding carboxylic acids is 1. The van der Waals surface area contributed by atoms with Gasteiger partial charge < -0.3 is 14.6 Å². The summed E-state index contributed by atoms with van der Waals surface area (Å²) >= 11 is 1.61. The Morgan fingerprint density at radius 1 is 1.13 bits per heavy atom. The summed E-state index contributed by atoms with van der Waals surface area (Å²) in [7, 11) is 1.62. The van der Waals surface area contributed by atoms with Gasteiger partial charge in [0, 0.05) is 28.3 Å². The average molecular weight is 432 g/mol. The number of methoxy groups -OCH3 is 1. The third-order valence-corrected chi connectivity index (χ3v) is 6.35. The molecule has 1 fully saturated rings. The number of aryl methyl sites for hydroxylation is 1. The van der Waals surface area contributed by atoms with Gasteiger partial charge >= 0.3 is 0 Å². The summed E-state index contributed by atoms with van der Waals surface area (Å²) in [5.41, 5.74) is 3.52. The molecule has 0 radical (unpaired) electrons. The molecule has 0 atom stereocenters. The van der Waals surface area contributed by atoms with Crippen molar-refractivity contribution in [2.24, 2.45) is 0 Å². The molecular weight excluding hydrogens is 410 g/mol. The fourth-order valence-electron chi connectivity index (χ4n) is 3.64. The van der Waals surface area contributed by atoms with Crippen LogP contribution in [0.4, 0.5) is 5.69 Å². The standard InChI is InChI=1S/C24H21N3O3S/c1-15-25-20(14-31-15)16-5-3-7-18(11-16)26-23(28)24(9-10-24)22-13-21(30-27-22)17-6-4-8-19(12-17)29-2/h3-8,11-14H,9-10H2,1-2H3,(H,26,28). The number of nitrogens with zero attached hydrogens (tertiary/aromatic N) is 2. The average Bonchev–Trinajstić information content (AvgIpc) is 3.24. The van der Waals surface area contributed by atoms with Crippen molar-refractivity contribution in [2.45, 2.75) is 25.2 Å². The second kappa shape index (κ2) is 7.67. The van der Waals surface area contributed by atoms with E-state index < -0.39 is 5.41 Å². The summed E-state index contributed by atoms with van der Waals surface area (Å²) in [5.74, 6) is 1.29. The van der Waals surface area contributed by atoms with E-state index in [4.69, 9.17) is 9.26 Å². The van der Waals surface area contributed by atoms with Crippen LogP contribution < -0.4 is 10.1 Å². The summed E-state index contributed by atoms with van der Waals surface area (Å²) in [4.78, 5) is 17.7. The van der Waals surface area contributed by atoms with E-state index in [0.717, 1.165) is 46.1 Å². The first-order valence-corrected chi connectivity index (χ1v) is 10.9. The van der Waals surface area contributed by atoms with Gasteiger partial charge in [-0.25, -0.2) is 4.98 Å². The van der Waals surface area contributed by atoms with E-state index in [0.29, 0.717) is 11.5 Å². The first-order chi connectivity index (χ1) is 15.1. The Kier molecular flexibility index (Phi) is 4.82. The predicted octanol–water partition coefficient (Wildman–Crippen LogP) is 5.45. The lowest BCUT2D eigenvalue weighted by molar-refractivity contribution is -0.118. The number of nitrogens with one attached hydrogen (secondary N) is 1. The van der Waals surface area contributed by atoms with E-state index in [-0.39, 0.29) is 5.91 Å². The zero-order valence-corrected chi connectivity index (χ0v) is 18.0. The monoisotopic (exact) mass is 431 g/mol. The normalized spacial score (nSPS) is 14.3. The van der Waals surface area contributed by atoms with E-state index in [1.165, 1.54) is 0 Å². The molecule has 0 aliphatic heterocycles. The number of rotatable bonds is 6. The van der Waals surface area contributed by atoms with Crippen molar-refractivity contribution in [2.75, 3.05) is 12.4 Å². The third-order valence-electron chi connectivity index (χ3n) is 5.57. The first-order valence-electron chi connectivity index (χ1n) is 10.0. The molecule has 2 heterocycles. The van der Waals surface area contributed by atoms with Crippen molar-refractivity contribution in [3.8, 4) is 28.3 Å². The Hall–Kier alpha value is -3.45. The Labute approximate surface area is 183 Å². The molecule has 31 heavy (non-hydrogen) atoms. The molecule has 5 rings (SSSR count). The molecule has 2 aromatic heterocycles. The zero-order chi connectivity index (χ0) is 21.4. The second-order valence-corrected chi connectivity index (χ2v) is 8.74. The number of hydrogen-bond acceptors (Lipinski definition) is 6. The van der Waals surface area contributed by atoms with E-state index in [9.17, 15) is 4.79 Å². The minimum absolute atomic E-state index is 0.0652. The maximum atomic E-state index is 13.2. The van der Waals surface area contributed by atoms with Crippen LogP contribution in [0.2, 0.25) is 0 Å². The number of amides is 1. The molecule has 7 heteroatoms. The number of aromatic nitrogens is 2. The molecule has 1 N–H and O–H groups in total. The van der Waals surface area contributed by atoms with Gasteiger partial charge in [0.1, 0.15) is 5.75 Å². The van der Waals surface area contributed by atoms with Crippen LogP contribution in [0.5, 0.6) is 5.75 Å². The van der Waals surface area contributed by atoms with Crippen LogP contribution >= 0.6 is 11.3 Å². The molecule has 0 unspecified atom stereocenters. The van der Waals surface area contributed by atoms with Gasteiger partial charge in [0.2, 0.25) is 5.91 Å². The van der Waals surface area contributed by atoms with Crippen LogP contribution in [0, 0.1) is 6.92 Å². The number of thiazole rings is 1. The largest absolute Gasteiger partial charge is 0.497 e. The number of benzene rings is 2. The maximum Gasteiger partial charge on any atom is 0.236 e. The van der Waals surface area contributed by atoms with Crippen LogP contribution in [0.3, 0.4) is 0 Å². The molecule has 1 aliphatic rings. The lowest BCUT2D eigenvalue weighted by Crippen LogP contribution is -2.28. The van der Waals surface area contributed by atoms with E-state index in [1.54, 1.807) is 18.4 Å². The molecule has 4 aromatic rings. The van der Waals surface area contributed by atoms with Crippen LogP contribution in [0.1, 0.15) is 23.5 Å². The van der Waals surface area contributed by atoms with E-state index in [1.807, 2.05) is 66.9 Å². The molecule has 2 aromatic carbocycles. The molecule has 1 aliphatic carbocycles. The lowest BCUT2D eigenvalue weighted by Gasteiger charge is -2.13. The predicted molar refractivity (Wildman–Crippen MR) is 120 cm³/mol. The second-order valence-electron chi connectivity index (χ2n) is 7.68. The lowest BCUT2D eigenvalue weighted by atomic mass is 10.00. The van der Waals surface area contributed by atoms with Crippen LogP contribution in [0.25, 0.3) is 22.6 Å². The van der Waals surface area contributed by atoms with Crippen LogP contribution in [-0.2, 0) is 10.2 Å². The molecule has 1 amide bonds. The minimum Gasteiger partial charge on any atom is -0.497 e. The molecule has 1 saturated carbocycles. The highest BCUT2D eigenvalue weighted by molar-refractivity contribution is 7.09.